The summed E-state index contributed by atoms with van der Waals surface area (Å²) in [4.78, 5) is 16.7. The highest BCUT2D eigenvalue weighted by atomic mass is 35.5. The van der Waals surface area contributed by atoms with Crippen molar-refractivity contribution in [1.82, 2.24) is 4.98 Å². The second-order valence-corrected chi connectivity index (χ2v) is 4.52. The highest BCUT2D eigenvalue weighted by Gasteiger charge is 2.12. The average molecular weight is 243 g/mol. The van der Waals surface area contributed by atoms with E-state index in [0.29, 0.717) is 16.8 Å². The van der Waals surface area contributed by atoms with Crippen LogP contribution < -0.4 is 4.90 Å². The van der Waals surface area contributed by atoms with Crippen LogP contribution in [0.3, 0.4) is 0 Å². The molecular weight excluding hydrogens is 228 g/mol. The van der Waals surface area contributed by atoms with E-state index in [4.69, 9.17) is 16.7 Å². The minimum absolute atomic E-state index is 0.103. The van der Waals surface area contributed by atoms with Gasteiger partial charge in [-0.3, -0.25) is 0 Å². The Morgan fingerprint density at radius 3 is 2.69 bits per heavy atom. The molecule has 0 saturated heterocycles. The molecule has 4 nitrogen and oxygen atoms in total. The number of nitrogens with zero attached hydrogens (tertiary/aromatic N) is 2. The first-order valence-corrected chi connectivity index (χ1v) is 5.39. The van der Waals surface area contributed by atoms with Crippen LogP contribution in [0.15, 0.2) is 12.3 Å². The first-order valence-electron chi connectivity index (χ1n) is 5.01. The third-order valence-electron chi connectivity index (χ3n) is 2.07. The molecule has 0 aliphatic carbocycles. The Morgan fingerprint density at radius 1 is 1.62 bits per heavy atom. The number of aromatic carboxylic acids is 1. The number of hydrogen-bond acceptors (Lipinski definition) is 3. The topological polar surface area (TPSA) is 53.4 Å². The number of pyridine rings is 1. The number of halogens is 1. The van der Waals surface area contributed by atoms with Crippen molar-refractivity contribution in [3.05, 3.63) is 22.8 Å². The third-order valence-corrected chi connectivity index (χ3v) is 2.35. The van der Waals surface area contributed by atoms with Crippen LogP contribution in [0.1, 0.15) is 24.2 Å². The summed E-state index contributed by atoms with van der Waals surface area (Å²) in [6.45, 7) is 5.01. The molecule has 0 spiro atoms. The Labute approximate surface area is 99.9 Å². The van der Waals surface area contributed by atoms with E-state index in [1.165, 1.54) is 12.3 Å². The minimum Gasteiger partial charge on any atom is -0.478 e. The van der Waals surface area contributed by atoms with Gasteiger partial charge in [0, 0.05) is 19.8 Å². The largest absolute Gasteiger partial charge is 0.478 e. The van der Waals surface area contributed by atoms with Crippen LogP contribution >= 0.6 is 11.6 Å². The summed E-state index contributed by atoms with van der Waals surface area (Å²) in [6.07, 6.45) is 1.32. The molecule has 1 aromatic rings. The zero-order chi connectivity index (χ0) is 12.3. The molecule has 0 aliphatic heterocycles. The minimum atomic E-state index is -1.02. The number of carbonyl (C=O) groups is 1. The Bertz CT molecular complexity index is 394. The molecule has 1 heterocycles. The predicted molar refractivity (Wildman–Crippen MR) is 64.3 cm³/mol. The molecule has 16 heavy (non-hydrogen) atoms. The highest BCUT2D eigenvalue weighted by molar-refractivity contribution is 6.33. The second-order valence-electron chi connectivity index (χ2n) is 4.11. The number of carboxylic acid groups (broad SMARTS) is 1. The van der Waals surface area contributed by atoms with Crippen molar-refractivity contribution in [3.63, 3.8) is 0 Å². The number of hydrogen-bond donors (Lipinski definition) is 1. The molecule has 0 aromatic carbocycles. The summed E-state index contributed by atoms with van der Waals surface area (Å²) in [6, 6.07) is 1.42. The van der Waals surface area contributed by atoms with Gasteiger partial charge >= 0.3 is 5.97 Å². The molecule has 5 heteroatoms. The Balaban J connectivity index is 2.94. The number of anilines is 1. The van der Waals surface area contributed by atoms with Gasteiger partial charge in [-0.1, -0.05) is 25.4 Å². The van der Waals surface area contributed by atoms with E-state index in [1.54, 1.807) is 0 Å². The van der Waals surface area contributed by atoms with Gasteiger partial charge in [0.15, 0.2) is 0 Å². The summed E-state index contributed by atoms with van der Waals surface area (Å²) in [5, 5.41) is 9.14. The van der Waals surface area contributed by atoms with Crippen molar-refractivity contribution in [3.8, 4) is 0 Å². The molecule has 1 rings (SSSR count). The van der Waals surface area contributed by atoms with E-state index < -0.39 is 5.97 Å². The van der Waals surface area contributed by atoms with Gasteiger partial charge in [-0.25, -0.2) is 9.78 Å². The molecule has 0 bridgehead atoms. The van der Waals surface area contributed by atoms with Crippen LogP contribution in [0.5, 0.6) is 0 Å². The summed E-state index contributed by atoms with van der Waals surface area (Å²) in [7, 11) is 1.88. The van der Waals surface area contributed by atoms with Gasteiger partial charge in [0.2, 0.25) is 0 Å². The fourth-order valence-electron chi connectivity index (χ4n) is 1.46. The monoisotopic (exact) mass is 242 g/mol. The van der Waals surface area contributed by atoms with Gasteiger partial charge in [0.05, 0.1) is 10.6 Å². The molecule has 88 valence electrons. The Hall–Kier alpha value is -1.29. The summed E-state index contributed by atoms with van der Waals surface area (Å²) in [5.41, 5.74) is 0.103. The zero-order valence-corrected chi connectivity index (χ0v) is 10.3. The molecule has 0 saturated carbocycles. The van der Waals surface area contributed by atoms with Gasteiger partial charge in [-0.15, -0.1) is 0 Å². The third kappa shape index (κ3) is 3.10. The molecule has 1 aromatic heterocycles. The number of rotatable bonds is 4. The maximum absolute atomic E-state index is 10.7. The van der Waals surface area contributed by atoms with Crippen LogP contribution in [0, 0.1) is 5.92 Å². The standard InChI is InChI=1S/C11H15ClN2O2/c1-7(2)6-14(3)10-9(12)4-8(5-13-10)11(15)16/h4-5,7H,6H2,1-3H3,(H,15,16). The number of aromatic nitrogens is 1. The van der Waals surface area contributed by atoms with Crippen LogP contribution in [-0.4, -0.2) is 29.7 Å². The Morgan fingerprint density at radius 2 is 2.25 bits per heavy atom. The lowest BCUT2D eigenvalue weighted by Crippen LogP contribution is -2.23. The highest BCUT2D eigenvalue weighted by Crippen LogP contribution is 2.23. The summed E-state index contributed by atoms with van der Waals surface area (Å²) >= 11 is 5.98. The maximum atomic E-state index is 10.7. The fraction of sp³-hybridized carbons (Fsp3) is 0.455. The summed E-state index contributed by atoms with van der Waals surface area (Å²) < 4.78 is 0. The SMILES string of the molecule is CC(C)CN(C)c1ncc(C(=O)O)cc1Cl. The fourth-order valence-corrected chi connectivity index (χ4v) is 1.77. The smallest absolute Gasteiger partial charge is 0.337 e. The normalized spacial score (nSPS) is 10.6. The van der Waals surface area contributed by atoms with Crippen molar-refractivity contribution in [2.24, 2.45) is 5.92 Å². The van der Waals surface area contributed by atoms with Crippen molar-refractivity contribution in [2.75, 3.05) is 18.5 Å². The molecule has 0 radical (unpaired) electrons. The first-order chi connectivity index (χ1) is 7.41. The van der Waals surface area contributed by atoms with E-state index in [9.17, 15) is 4.79 Å². The van der Waals surface area contributed by atoms with Gasteiger partial charge in [-0.2, -0.15) is 0 Å². The van der Waals surface area contributed by atoms with Crippen LogP contribution in [0.4, 0.5) is 5.82 Å². The maximum Gasteiger partial charge on any atom is 0.337 e. The van der Waals surface area contributed by atoms with E-state index >= 15 is 0 Å². The molecule has 0 amide bonds. The van der Waals surface area contributed by atoms with Crippen LogP contribution in [0.2, 0.25) is 5.02 Å². The lowest BCUT2D eigenvalue weighted by molar-refractivity contribution is 0.0696. The van der Waals surface area contributed by atoms with Gasteiger partial charge in [-0.05, 0) is 12.0 Å². The molecule has 0 unspecified atom stereocenters. The van der Waals surface area contributed by atoms with Gasteiger partial charge < -0.3 is 10.0 Å². The first kappa shape index (κ1) is 12.8. The summed E-state index contributed by atoms with van der Waals surface area (Å²) in [5.74, 6) is 0.0786. The molecule has 0 fully saturated rings. The lowest BCUT2D eigenvalue weighted by Gasteiger charge is -2.21. The van der Waals surface area contributed by atoms with Gasteiger partial charge in [0.1, 0.15) is 5.82 Å². The predicted octanol–water partition coefficient (Wildman–Crippen LogP) is 2.53. The van der Waals surface area contributed by atoms with E-state index in [2.05, 4.69) is 18.8 Å². The van der Waals surface area contributed by atoms with Crippen molar-refractivity contribution in [1.29, 1.82) is 0 Å². The van der Waals surface area contributed by atoms with Gasteiger partial charge in [0.25, 0.3) is 0 Å². The van der Waals surface area contributed by atoms with E-state index in [0.717, 1.165) is 6.54 Å². The van der Waals surface area contributed by atoms with Crippen LogP contribution in [-0.2, 0) is 0 Å². The Kier molecular flexibility index (Phi) is 4.12. The van der Waals surface area contributed by atoms with Crippen molar-refractivity contribution >= 4 is 23.4 Å². The molecule has 1 N–H and O–H groups in total. The van der Waals surface area contributed by atoms with E-state index in [-0.39, 0.29) is 5.56 Å². The van der Waals surface area contributed by atoms with Crippen molar-refractivity contribution < 1.29 is 9.90 Å². The average Bonchev–Trinajstić information content (AvgIpc) is 2.15. The van der Waals surface area contributed by atoms with Crippen molar-refractivity contribution in [2.45, 2.75) is 13.8 Å². The lowest BCUT2D eigenvalue weighted by atomic mass is 10.2. The quantitative estimate of drug-likeness (QED) is 0.882. The van der Waals surface area contributed by atoms with E-state index in [1.807, 2.05) is 11.9 Å². The zero-order valence-electron chi connectivity index (χ0n) is 9.57. The molecule has 0 aliphatic rings. The number of carboxylic acids is 1. The molecule has 0 atom stereocenters. The second kappa shape index (κ2) is 5.16. The molecular formula is C11H15ClN2O2. The van der Waals surface area contributed by atoms with Crippen LogP contribution in [0.25, 0.3) is 0 Å².